The highest BCUT2D eigenvalue weighted by Gasteiger charge is 2.20. The summed E-state index contributed by atoms with van der Waals surface area (Å²) in [6, 6.07) is 1.75. The molecule has 1 aromatic carbocycles. The van der Waals surface area contributed by atoms with Crippen molar-refractivity contribution in [1.82, 2.24) is 9.78 Å². The molecule has 0 saturated heterocycles. The monoisotopic (exact) mass is 238 g/mol. The van der Waals surface area contributed by atoms with Gasteiger partial charge in [-0.25, -0.2) is 0 Å². The van der Waals surface area contributed by atoms with Crippen molar-refractivity contribution in [2.24, 2.45) is 0 Å². The van der Waals surface area contributed by atoms with Gasteiger partial charge in [0, 0.05) is 11.9 Å². The molecule has 0 bridgehead atoms. The minimum atomic E-state index is 0.309. The van der Waals surface area contributed by atoms with Gasteiger partial charge in [0.15, 0.2) is 0 Å². The smallest absolute Gasteiger partial charge is 0.130 e. The molecular weight excluding hydrogens is 232 g/mol. The number of aromatic hydroxyl groups is 1. The van der Waals surface area contributed by atoms with Gasteiger partial charge < -0.3 is 5.11 Å². The van der Waals surface area contributed by atoms with Crippen molar-refractivity contribution in [3.05, 3.63) is 22.3 Å². The zero-order chi connectivity index (χ0) is 9.00. The van der Waals surface area contributed by atoms with E-state index in [0.29, 0.717) is 5.75 Å². The maximum absolute atomic E-state index is 9.59. The Labute approximate surface area is 83.1 Å². The molecule has 2 heterocycles. The first kappa shape index (κ1) is 7.38. The fourth-order valence-corrected chi connectivity index (χ4v) is 2.42. The Morgan fingerprint density at radius 1 is 1.54 bits per heavy atom. The van der Waals surface area contributed by atoms with Gasteiger partial charge in [-0.3, -0.25) is 4.68 Å². The number of phenols is 1. The Morgan fingerprint density at radius 3 is 3.23 bits per heavy atom. The number of aryl methyl sites for hydroxylation is 2. The quantitative estimate of drug-likeness (QED) is 0.764. The molecule has 0 saturated carbocycles. The minimum Gasteiger partial charge on any atom is -0.507 e. The van der Waals surface area contributed by atoms with Crippen molar-refractivity contribution < 1.29 is 5.11 Å². The lowest BCUT2D eigenvalue weighted by Crippen LogP contribution is -1.92. The average Bonchev–Trinajstić information content (AvgIpc) is 2.66. The highest BCUT2D eigenvalue weighted by molar-refractivity contribution is 9.10. The van der Waals surface area contributed by atoms with Crippen LogP contribution in [0, 0.1) is 0 Å². The minimum absolute atomic E-state index is 0.309. The van der Waals surface area contributed by atoms with Gasteiger partial charge in [0.05, 0.1) is 16.2 Å². The normalized spacial score (nSPS) is 14.2. The third kappa shape index (κ3) is 0.812. The Balaban J connectivity index is 2.56. The Kier molecular flexibility index (Phi) is 1.28. The molecule has 1 aliphatic heterocycles. The van der Waals surface area contributed by atoms with Crippen LogP contribution in [0.25, 0.3) is 10.9 Å². The molecular formula is C9H7BrN2O. The Morgan fingerprint density at radius 2 is 2.38 bits per heavy atom. The topological polar surface area (TPSA) is 38.1 Å². The summed E-state index contributed by atoms with van der Waals surface area (Å²) in [5.74, 6) is 0.309. The standard InChI is InChI=1S/C9H7BrN2O/c10-8-6-1-2-12-9(6)5(4-11-12)3-7(8)13/h3-4,13H,1-2H2. The molecule has 0 atom stereocenters. The summed E-state index contributed by atoms with van der Waals surface area (Å²) >= 11 is 3.39. The Bertz CT molecular complexity index is 504. The zero-order valence-electron chi connectivity index (χ0n) is 6.79. The van der Waals surface area contributed by atoms with Crippen molar-refractivity contribution in [2.75, 3.05) is 0 Å². The first-order valence-electron chi connectivity index (χ1n) is 4.13. The van der Waals surface area contributed by atoms with E-state index in [0.717, 1.165) is 28.3 Å². The van der Waals surface area contributed by atoms with E-state index in [1.165, 1.54) is 5.56 Å². The maximum Gasteiger partial charge on any atom is 0.130 e. The summed E-state index contributed by atoms with van der Waals surface area (Å²) < 4.78 is 2.80. The second-order valence-electron chi connectivity index (χ2n) is 3.24. The second-order valence-corrected chi connectivity index (χ2v) is 4.04. The van der Waals surface area contributed by atoms with Gasteiger partial charge in [-0.05, 0) is 34.0 Å². The molecule has 4 heteroatoms. The van der Waals surface area contributed by atoms with E-state index < -0.39 is 0 Å². The van der Waals surface area contributed by atoms with Gasteiger partial charge in [0.1, 0.15) is 5.75 Å². The van der Waals surface area contributed by atoms with Crippen LogP contribution in [0.4, 0.5) is 0 Å². The molecule has 0 radical (unpaired) electrons. The van der Waals surface area contributed by atoms with Crippen molar-refractivity contribution in [3.63, 3.8) is 0 Å². The summed E-state index contributed by atoms with van der Waals surface area (Å²) in [7, 11) is 0. The lowest BCUT2D eigenvalue weighted by Gasteiger charge is -2.01. The summed E-state index contributed by atoms with van der Waals surface area (Å²) in [4.78, 5) is 0. The average molecular weight is 239 g/mol. The first-order chi connectivity index (χ1) is 6.27. The van der Waals surface area contributed by atoms with Gasteiger partial charge in [-0.2, -0.15) is 5.10 Å². The molecule has 1 N–H and O–H groups in total. The van der Waals surface area contributed by atoms with E-state index in [-0.39, 0.29) is 0 Å². The van der Waals surface area contributed by atoms with Crippen LogP contribution in [0.1, 0.15) is 5.56 Å². The molecule has 1 aliphatic rings. The SMILES string of the molecule is Oc1cc2cnn3c2c(c1Br)CC3. The Hall–Kier alpha value is -1.03. The van der Waals surface area contributed by atoms with Gasteiger partial charge in [-0.15, -0.1) is 0 Å². The summed E-state index contributed by atoms with van der Waals surface area (Å²) in [6.07, 6.45) is 2.75. The summed E-state index contributed by atoms with van der Waals surface area (Å²) in [5, 5.41) is 14.8. The van der Waals surface area contributed by atoms with Crippen LogP contribution < -0.4 is 0 Å². The third-order valence-corrected chi connectivity index (χ3v) is 3.39. The lowest BCUT2D eigenvalue weighted by atomic mass is 10.1. The highest BCUT2D eigenvalue weighted by atomic mass is 79.9. The molecule has 0 fully saturated rings. The van der Waals surface area contributed by atoms with Crippen LogP contribution in [0.5, 0.6) is 5.75 Å². The predicted molar refractivity (Wildman–Crippen MR) is 52.8 cm³/mol. The van der Waals surface area contributed by atoms with Crippen LogP contribution in [0.2, 0.25) is 0 Å². The van der Waals surface area contributed by atoms with E-state index in [9.17, 15) is 5.11 Å². The largest absolute Gasteiger partial charge is 0.507 e. The lowest BCUT2D eigenvalue weighted by molar-refractivity contribution is 0.472. The molecule has 3 rings (SSSR count). The van der Waals surface area contributed by atoms with Crippen LogP contribution in [0.3, 0.4) is 0 Å². The molecule has 13 heavy (non-hydrogen) atoms. The first-order valence-corrected chi connectivity index (χ1v) is 4.92. The number of phenolic OH excluding ortho intramolecular Hbond substituents is 1. The fourth-order valence-electron chi connectivity index (χ4n) is 1.92. The molecule has 0 unspecified atom stereocenters. The number of nitrogens with zero attached hydrogens (tertiary/aromatic N) is 2. The number of aromatic nitrogens is 2. The van der Waals surface area contributed by atoms with Crippen LogP contribution in [0.15, 0.2) is 16.7 Å². The predicted octanol–water partition coefficient (Wildman–Crippen LogP) is 2.06. The molecule has 0 amide bonds. The van der Waals surface area contributed by atoms with Crippen LogP contribution in [-0.2, 0) is 13.0 Å². The summed E-state index contributed by atoms with van der Waals surface area (Å²) in [5.41, 5.74) is 2.33. The highest BCUT2D eigenvalue weighted by Crippen LogP contribution is 2.37. The number of benzene rings is 1. The van der Waals surface area contributed by atoms with E-state index in [1.807, 2.05) is 4.68 Å². The molecule has 66 valence electrons. The van der Waals surface area contributed by atoms with E-state index in [1.54, 1.807) is 12.3 Å². The van der Waals surface area contributed by atoms with E-state index in [2.05, 4.69) is 21.0 Å². The zero-order valence-corrected chi connectivity index (χ0v) is 8.37. The van der Waals surface area contributed by atoms with Gasteiger partial charge in [0.25, 0.3) is 0 Å². The third-order valence-electron chi connectivity index (χ3n) is 2.51. The molecule has 2 aromatic rings. The van der Waals surface area contributed by atoms with Crippen molar-refractivity contribution in [2.45, 2.75) is 13.0 Å². The van der Waals surface area contributed by atoms with Crippen LogP contribution in [-0.4, -0.2) is 14.9 Å². The number of rotatable bonds is 0. The number of hydrogen-bond acceptors (Lipinski definition) is 2. The van der Waals surface area contributed by atoms with Crippen molar-refractivity contribution in [3.8, 4) is 5.75 Å². The van der Waals surface area contributed by atoms with Gasteiger partial charge >= 0.3 is 0 Å². The number of hydrogen-bond donors (Lipinski definition) is 1. The molecule has 3 nitrogen and oxygen atoms in total. The van der Waals surface area contributed by atoms with E-state index >= 15 is 0 Å². The van der Waals surface area contributed by atoms with Gasteiger partial charge in [-0.1, -0.05) is 0 Å². The molecule has 0 aliphatic carbocycles. The van der Waals surface area contributed by atoms with E-state index in [4.69, 9.17) is 0 Å². The fraction of sp³-hybridized carbons (Fsp3) is 0.222. The van der Waals surface area contributed by atoms with Crippen molar-refractivity contribution in [1.29, 1.82) is 0 Å². The summed E-state index contributed by atoms with van der Waals surface area (Å²) in [6.45, 7) is 0.918. The number of halogens is 1. The molecule has 0 spiro atoms. The maximum atomic E-state index is 9.59. The molecule has 1 aromatic heterocycles. The second kappa shape index (κ2) is 2.26. The van der Waals surface area contributed by atoms with Gasteiger partial charge in [0.2, 0.25) is 0 Å². The van der Waals surface area contributed by atoms with Crippen LogP contribution >= 0.6 is 15.9 Å². The van der Waals surface area contributed by atoms with Crippen molar-refractivity contribution >= 4 is 26.8 Å².